The highest BCUT2D eigenvalue weighted by molar-refractivity contribution is 6.77. The van der Waals surface area contributed by atoms with Crippen molar-refractivity contribution < 1.29 is 4.39 Å². The molecule has 6 heteroatoms. The van der Waals surface area contributed by atoms with Crippen molar-refractivity contribution in [2.45, 2.75) is 50.1 Å². The van der Waals surface area contributed by atoms with E-state index in [9.17, 15) is 0 Å². The van der Waals surface area contributed by atoms with E-state index in [0.29, 0.717) is 0 Å². The lowest BCUT2D eigenvalue weighted by Crippen LogP contribution is -2.43. The van der Waals surface area contributed by atoms with Crippen molar-refractivity contribution in [3.63, 3.8) is 0 Å². The highest BCUT2D eigenvalue weighted by atomic mass is 28.3. The van der Waals surface area contributed by atoms with Crippen LogP contribution in [0.3, 0.4) is 0 Å². The first kappa shape index (κ1) is 22.8. The zero-order chi connectivity index (χ0) is 23.9. The molecule has 0 aromatic heterocycles. The maximum Gasteiger partial charge on any atom is 0.148 e. The van der Waals surface area contributed by atoms with Crippen LogP contribution in [0, 0.1) is 5.82 Å². The quantitative estimate of drug-likeness (QED) is 0.330. The second kappa shape index (κ2) is 8.99. The van der Waals surface area contributed by atoms with Gasteiger partial charge in [0.15, 0.2) is 0 Å². The molecule has 5 rings (SSSR count). The van der Waals surface area contributed by atoms with Gasteiger partial charge in [-0.3, -0.25) is 0 Å². The topological polar surface area (TPSA) is 58.5 Å². The Hall–Kier alpha value is -2.99. The van der Waals surface area contributed by atoms with Crippen LogP contribution >= 0.6 is 0 Å². The molecule has 0 aliphatic carbocycles. The molecule has 0 spiro atoms. The van der Waals surface area contributed by atoms with Crippen LogP contribution < -0.4 is 21.3 Å². The first-order chi connectivity index (χ1) is 16.3. The Morgan fingerprint density at radius 3 is 1.74 bits per heavy atom. The van der Waals surface area contributed by atoms with Gasteiger partial charge in [0.2, 0.25) is 0 Å². The summed E-state index contributed by atoms with van der Waals surface area (Å²) in [5, 5.41) is 0. The molecule has 34 heavy (non-hydrogen) atoms. The highest BCUT2D eigenvalue weighted by Gasteiger charge is 2.36. The number of anilines is 4. The minimum absolute atomic E-state index is 0.127. The molecular formula is C28H35FN4Si. The third-order valence-corrected chi connectivity index (χ3v) is 10.9. The Morgan fingerprint density at radius 1 is 0.765 bits per heavy atom. The van der Waals surface area contributed by atoms with Gasteiger partial charge in [0.25, 0.3) is 0 Å². The van der Waals surface area contributed by atoms with Crippen molar-refractivity contribution in [2.75, 3.05) is 34.4 Å². The SMILES string of the molecule is C[Si]1(C)CCN(c2ccc(N3[C@@H](c4ccc(N)cc4)CC[C@@H]3c3ccc(N)cc3)cc2F)CC1. The first-order valence-electron chi connectivity index (χ1n) is 12.3. The zero-order valence-corrected chi connectivity index (χ0v) is 21.2. The van der Waals surface area contributed by atoms with Crippen LogP contribution in [0.4, 0.5) is 27.1 Å². The minimum atomic E-state index is -1.11. The zero-order valence-electron chi connectivity index (χ0n) is 20.2. The molecule has 3 aromatic rings. The van der Waals surface area contributed by atoms with Crippen LogP contribution in [0.15, 0.2) is 66.7 Å². The lowest BCUT2D eigenvalue weighted by atomic mass is 10.0. The Balaban J connectivity index is 1.49. The van der Waals surface area contributed by atoms with Crippen molar-refractivity contribution in [3.05, 3.63) is 83.7 Å². The van der Waals surface area contributed by atoms with Crippen molar-refractivity contribution in [2.24, 2.45) is 0 Å². The summed E-state index contributed by atoms with van der Waals surface area (Å²) in [6.45, 7) is 6.79. The van der Waals surface area contributed by atoms with Crippen molar-refractivity contribution >= 4 is 30.8 Å². The van der Waals surface area contributed by atoms with E-state index in [1.807, 2.05) is 30.3 Å². The van der Waals surface area contributed by atoms with E-state index in [4.69, 9.17) is 11.5 Å². The number of rotatable bonds is 4. The molecule has 2 heterocycles. The van der Waals surface area contributed by atoms with E-state index in [2.05, 4.69) is 53.2 Å². The van der Waals surface area contributed by atoms with E-state index in [1.54, 1.807) is 6.07 Å². The number of nitrogens with zero attached hydrogens (tertiary/aromatic N) is 2. The molecule has 0 bridgehead atoms. The largest absolute Gasteiger partial charge is 0.399 e. The van der Waals surface area contributed by atoms with Crippen molar-refractivity contribution in [3.8, 4) is 0 Å². The van der Waals surface area contributed by atoms with Crippen molar-refractivity contribution in [1.82, 2.24) is 0 Å². The maximum absolute atomic E-state index is 15.6. The Kier molecular flexibility index (Phi) is 6.02. The summed E-state index contributed by atoms with van der Waals surface area (Å²) >= 11 is 0. The average molecular weight is 475 g/mol. The van der Waals surface area contributed by atoms with Gasteiger partial charge in [0.05, 0.1) is 25.8 Å². The van der Waals surface area contributed by atoms with Gasteiger partial charge in [0, 0.05) is 30.2 Å². The third kappa shape index (κ3) is 4.51. The fourth-order valence-corrected chi connectivity index (χ4v) is 7.53. The number of nitrogens with two attached hydrogens (primary N) is 2. The Morgan fingerprint density at radius 2 is 1.26 bits per heavy atom. The van der Waals surface area contributed by atoms with Crippen molar-refractivity contribution in [1.29, 1.82) is 0 Å². The molecule has 4 nitrogen and oxygen atoms in total. The fraction of sp³-hybridized carbons (Fsp3) is 0.357. The maximum atomic E-state index is 15.6. The molecule has 4 N–H and O–H groups in total. The Bertz CT molecular complexity index is 1080. The van der Waals surface area contributed by atoms with E-state index >= 15 is 4.39 Å². The second-order valence-electron chi connectivity index (χ2n) is 10.6. The molecular weight excluding hydrogens is 439 g/mol. The molecule has 2 saturated heterocycles. The summed E-state index contributed by atoms with van der Waals surface area (Å²) in [6.07, 6.45) is 1.99. The molecule has 0 radical (unpaired) electrons. The van der Waals surface area contributed by atoms with Crippen LogP contribution in [0.2, 0.25) is 25.2 Å². The van der Waals surface area contributed by atoms with Gasteiger partial charge >= 0.3 is 0 Å². The molecule has 2 fully saturated rings. The smallest absolute Gasteiger partial charge is 0.148 e. The van der Waals surface area contributed by atoms with Gasteiger partial charge in [-0.05, 0) is 78.5 Å². The predicted octanol–water partition coefficient (Wildman–Crippen LogP) is 6.60. The van der Waals surface area contributed by atoms with Gasteiger partial charge in [-0.2, -0.15) is 0 Å². The van der Waals surface area contributed by atoms with Gasteiger partial charge < -0.3 is 21.3 Å². The summed E-state index contributed by atoms with van der Waals surface area (Å²) in [6, 6.07) is 24.8. The molecule has 0 unspecified atom stereocenters. The summed E-state index contributed by atoms with van der Waals surface area (Å²) in [5.41, 5.74) is 17.5. The molecule has 2 aliphatic heterocycles. The normalized spacial score (nSPS) is 22.2. The van der Waals surface area contributed by atoms with Crippen LogP contribution in [-0.4, -0.2) is 21.2 Å². The van der Waals surface area contributed by atoms with Gasteiger partial charge in [-0.1, -0.05) is 37.4 Å². The molecule has 178 valence electrons. The van der Waals surface area contributed by atoms with Gasteiger partial charge in [-0.25, -0.2) is 4.39 Å². The second-order valence-corrected chi connectivity index (χ2v) is 16.0. The van der Waals surface area contributed by atoms with E-state index < -0.39 is 8.07 Å². The van der Waals surface area contributed by atoms with Crippen LogP contribution in [0.1, 0.15) is 36.1 Å². The number of hydrogen-bond acceptors (Lipinski definition) is 4. The fourth-order valence-electron chi connectivity index (χ4n) is 5.53. The number of halogens is 1. The highest BCUT2D eigenvalue weighted by Crippen LogP contribution is 2.47. The lowest BCUT2D eigenvalue weighted by molar-refractivity contribution is 0.611. The predicted molar refractivity (Wildman–Crippen MR) is 145 cm³/mol. The minimum Gasteiger partial charge on any atom is -0.399 e. The monoisotopic (exact) mass is 474 g/mol. The number of hydrogen-bond donors (Lipinski definition) is 2. The van der Waals surface area contributed by atoms with Crippen LogP contribution in [-0.2, 0) is 0 Å². The summed E-state index contributed by atoms with van der Waals surface area (Å²) in [5.74, 6) is -0.127. The summed E-state index contributed by atoms with van der Waals surface area (Å²) in [7, 11) is -1.11. The van der Waals surface area contributed by atoms with Gasteiger partial charge in [-0.15, -0.1) is 0 Å². The molecule has 0 saturated carbocycles. The standard InChI is InChI=1S/C28H35FN4Si/c1-34(2)17-15-32(16-18-34)28-12-11-24(19-25(28)29)33-26(20-3-7-22(30)8-4-20)13-14-27(33)21-5-9-23(31)10-6-21/h3-12,19,26-27H,13-18,30-31H2,1-2H3/t26-,27-/m1/s1. The van der Waals surface area contributed by atoms with E-state index in [-0.39, 0.29) is 17.9 Å². The number of nitrogen functional groups attached to an aromatic ring is 2. The van der Waals surface area contributed by atoms with E-state index in [0.717, 1.165) is 48.7 Å². The molecule has 3 aromatic carbocycles. The van der Waals surface area contributed by atoms with Gasteiger partial charge in [0.1, 0.15) is 5.82 Å². The lowest BCUT2D eigenvalue weighted by Gasteiger charge is -2.38. The average Bonchev–Trinajstić information content (AvgIpc) is 3.25. The molecule has 2 aliphatic rings. The van der Waals surface area contributed by atoms with E-state index in [1.165, 1.54) is 23.2 Å². The Labute approximate surface area is 203 Å². The number of benzene rings is 3. The molecule has 2 atom stereocenters. The first-order valence-corrected chi connectivity index (χ1v) is 15.8. The van der Waals surface area contributed by atoms with Crippen LogP contribution in [0.5, 0.6) is 0 Å². The third-order valence-electron chi connectivity index (χ3n) is 7.71. The summed E-state index contributed by atoms with van der Waals surface area (Å²) in [4.78, 5) is 4.62. The molecule has 0 amide bonds. The van der Waals surface area contributed by atoms with Crippen LogP contribution in [0.25, 0.3) is 0 Å². The summed E-state index contributed by atoms with van der Waals surface area (Å²) < 4.78 is 15.6.